The molecule has 0 spiro atoms. The van der Waals surface area contributed by atoms with Crippen LogP contribution in [0.5, 0.6) is 5.75 Å². The van der Waals surface area contributed by atoms with Gasteiger partial charge in [-0.1, -0.05) is 24.3 Å². The highest BCUT2D eigenvalue weighted by Crippen LogP contribution is 2.39. The van der Waals surface area contributed by atoms with E-state index in [-0.39, 0.29) is 40.8 Å². The van der Waals surface area contributed by atoms with Gasteiger partial charge in [0.05, 0.1) is 6.04 Å². The van der Waals surface area contributed by atoms with E-state index in [9.17, 15) is 35.1 Å². The Balaban J connectivity index is 1.41. The summed E-state index contributed by atoms with van der Waals surface area (Å²) >= 11 is 0. The van der Waals surface area contributed by atoms with Gasteiger partial charge in [-0.15, -0.1) is 0 Å². The third-order valence-electron chi connectivity index (χ3n) is 6.81. The van der Waals surface area contributed by atoms with Crippen LogP contribution in [0.3, 0.4) is 0 Å². The lowest BCUT2D eigenvalue weighted by Gasteiger charge is -2.20. The maximum atomic E-state index is 15.1. The summed E-state index contributed by atoms with van der Waals surface area (Å²) in [5, 5.41) is 0. The zero-order valence-corrected chi connectivity index (χ0v) is 21.3. The van der Waals surface area contributed by atoms with Gasteiger partial charge in [0.1, 0.15) is 34.6 Å². The van der Waals surface area contributed by atoms with Gasteiger partial charge in [0, 0.05) is 41.9 Å². The molecule has 0 saturated heterocycles. The summed E-state index contributed by atoms with van der Waals surface area (Å²) in [5.74, 6) is -12.3. The Kier molecular flexibility index (Phi) is 7.76. The minimum Gasteiger partial charge on any atom is -0.429 e. The van der Waals surface area contributed by atoms with Gasteiger partial charge in [-0.3, -0.25) is 4.99 Å². The summed E-state index contributed by atoms with van der Waals surface area (Å²) in [6.45, 7) is 0.414. The molecule has 1 aliphatic rings. The largest absolute Gasteiger partial charge is 0.432 e. The third-order valence-corrected chi connectivity index (χ3v) is 6.81. The molecule has 218 valence electrons. The van der Waals surface area contributed by atoms with Crippen molar-refractivity contribution in [3.05, 3.63) is 113 Å². The maximum Gasteiger partial charge on any atom is 0.432 e. The average molecular weight is 594 g/mol. The lowest BCUT2D eigenvalue weighted by Crippen LogP contribution is -2.25. The highest BCUT2D eigenvalue weighted by atomic mass is 19.3. The second-order valence-electron chi connectivity index (χ2n) is 9.61. The van der Waals surface area contributed by atoms with E-state index in [0.717, 1.165) is 12.1 Å². The Hall–Kier alpha value is -4.32. The van der Waals surface area contributed by atoms with E-state index in [1.807, 2.05) is 0 Å². The molecule has 0 bridgehead atoms. The van der Waals surface area contributed by atoms with Gasteiger partial charge in [0.25, 0.3) is 0 Å². The van der Waals surface area contributed by atoms with Gasteiger partial charge >= 0.3 is 6.11 Å². The molecule has 2 N–H and O–H groups in total. The van der Waals surface area contributed by atoms with Crippen molar-refractivity contribution in [3.8, 4) is 28.0 Å². The number of ether oxygens (including phenoxy) is 1. The highest BCUT2D eigenvalue weighted by Gasteiger charge is 2.41. The Morgan fingerprint density at radius 1 is 0.714 bits per heavy atom. The van der Waals surface area contributed by atoms with Crippen LogP contribution < -0.4 is 10.5 Å². The average Bonchev–Trinajstić information content (AvgIpc) is 3.40. The number of nitrogens with two attached hydrogens (primary N) is 1. The van der Waals surface area contributed by atoms with Crippen molar-refractivity contribution in [1.29, 1.82) is 0 Å². The standard InChI is InChI=1S/C30H19F9N2O/c31-21-6-15(19-4-2-16(7-22(19)32)27-5-14(12-40)13-41-27)1-3-20(21)17-8-23(33)28(24(34)9-17)30(38,39)42-18-10-25(35)29(37)26(36)11-18/h1-4,6-11,13-14,27H,5,12,40H2/t14?,27-/m0/s1. The predicted octanol–water partition coefficient (Wildman–Crippen LogP) is 8.21. The van der Waals surface area contributed by atoms with Crippen LogP contribution in [-0.2, 0) is 6.11 Å². The van der Waals surface area contributed by atoms with Crippen molar-refractivity contribution in [1.82, 2.24) is 0 Å². The number of nitrogens with zero attached hydrogens (tertiary/aromatic N) is 1. The third kappa shape index (κ3) is 5.58. The molecular weight excluding hydrogens is 575 g/mol. The van der Waals surface area contributed by atoms with Crippen molar-refractivity contribution in [2.45, 2.75) is 18.6 Å². The first-order valence-electron chi connectivity index (χ1n) is 12.4. The van der Waals surface area contributed by atoms with Crippen LogP contribution >= 0.6 is 0 Å². The fourth-order valence-electron chi connectivity index (χ4n) is 4.70. The molecule has 1 aliphatic heterocycles. The summed E-state index contributed by atoms with van der Waals surface area (Å²) in [6, 6.07) is 8.37. The van der Waals surface area contributed by atoms with Gasteiger partial charge < -0.3 is 10.5 Å². The van der Waals surface area contributed by atoms with E-state index in [1.165, 1.54) is 18.2 Å². The van der Waals surface area contributed by atoms with Gasteiger partial charge in [0.2, 0.25) is 0 Å². The predicted molar refractivity (Wildman–Crippen MR) is 136 cm³/mol. The molecule has 0 saturated carbocycles. The van der Waals surface area contributed by atoms with Crippen LogP contribution in [0, 0.1) is 46.6 Å². The van der Waals surface area contributed by atoms with E-state index in [4.69, 9.17) is 5.73 Å². The first-order valence-corrected chi connectivity index (χ1v) is 12.4. The maximum absolute atomic E-state index is 15.1. The molecule has 2 atom stereocenters. The second kappa shape index (κ2) is 11.2. The lowest BCUT2D eigenvalue weighted by atomic mass is 9.95. The summed E-state index contributed by atoms with van der Waals surface area (Å²) < 4.78 is 133. The van der Waals surface area contributed by atoms with E-state index < -0.39 is 63.7 Å². The lowest BCUT2D eigenvalue weighted by molar-refractivity contribution is -0.189. The van der Waals surface area contributed by atoms with Crippen LogP contribution in [0.15, 0.2) is 65.7 Å². The van der Waals surface area contributed by atoms with Crippen LogP contribution in [0.1, 0.15) is 23.6 Å². The first kappa shape index (κ1) is 29.2. The van der Waals surface area contributed by atoms with Gasteiger partial charge in [-0.05, 0) is 47.4 Å². The summed E-state index contributed by atoms with van der Waals surface area (Å²) in [7, 11) is 0. The molecule has 0 radical (unpaired) electrons. The van der Waals surface area contributed by atoms with E-state index in [1.54, 1.807) is 12.3 Å². The number of halogens is 9. The quantitative estimate of drug-likeness (QED) is 0.173. The van der Waals surface area contributed by atoms with Crippen LogP contribution in [-0.4, -0.2) is 12.8 Å². The van der Waals surface area contributed by atoms with Crippen LogP contribution in [0.4, 0.5) is 39.5 Å². The van der Waals surface area contributed by atoms with Crippen molar-refractivity contribution in [3.63, 3.8) is 0 Å². The molecule has 1 unspecified atom stereocenters. The number of rotatable bonds is 7. The number of alkyl halides is 2. The number of hydrogen-bond donors (Lipinski definition) is 1. The first-order chi connectivity index (χ1) is 19.9. The van der Waals surface area contributed by atoms with Crippen LogP contribution in [0.25, 0.3) is 22.3 Å². The monoisotopic (exact) mass is 594 g/mol. The summed E-state index contributed by atoms with van der Waals surface area (Å²) in [5.41, 5.74) is 3.61. The molecule has 4 aromatic carbocycles. The Morgan fingerprint density at radius 3 is 1.86 bits per heavy atom. The van der Waals surface area contributed by atoms with Gasteiger partial charge in [-0.2, -0.15) is 8.78 Å². The zero-order chi connectivity index (χ0) is 30.3. The topological polar surface area (TPSA) is 47.6 Å². The van der Waals surface area contributed by atoms with Crippen molar-refractivity contribution >= 4 is 6.21 Å². The fraction of sp³-hybridized carbons (Fsp3) is 0.167. The number of benzene rings is 4. The van der Waals surface area contributed by atoms with E-state index >= 15 is 4.39 Å². The Morgan fingerprint density at radius 2 is 1.29 bits per heavy atom. The highest BCUT2D eigenvalue weighted by molar-refractivity contribution is 5.72. The minimum absolute atomic E-state index is 0.0414. The molecule has 3 nitrogen and oxygen atoms in total. The fourth-order valence-corrected chi connectivity index (χ4v) is 4.70. The number of hydrogen-bond acceptors (Lipinski definition) is 3. The molecule has 4 aromatic rings. The van der Waals surface area contributed by atoms with E-state index in [2.05, 4.69) is 9.73 Å². The van der Waals surface area contributed by atoms with Crippen LogP contribution in [0.2, 0.25) is 0 Å². The molecule has 12 heteroatoms. The molecule has 0 amide bonds. The Labute approximate surface area is 233 Å². The molecule has 1 heterocycles. The van der Waals surface area contributed by atoms with Crippen molar-refractivity contribution < 1.29 is 44.3 Å². The minimum atomic E-state index is -4.80. The molecule has 0 aliphatic carbocycles. The smallest absolute Gasteiger partial charge is 0.429 e. The molecule has 42 heavy (non-hydrogen) atoms. The van der Waals surface area contributed by atoms with Gasteiger partial charge in [0.15, 0.2) is 17.5 Å². The summed E-state index contributed by atoms with van der Waals surface area (Å²) in [6.07, 6.45) is -2.44. The van der Waals surface area contributed by atoms with Gasteiger partial charge in [-0.25, -0.2) is 30.7 Å². The van der Waals surface area contributed by atoms with Crippen molar-refractivity contribution in [2.24, 2.45) is 16.6 Å². The normalized spacial score (nSPS) is 16.7. The Bertz CT molecular complexity index is 1660. The second-order valence-corrected chi connectivity index (χ2v) is 9.61. The SMILES string of the molecule is NCC1C=N[C@H](c2ccc(-c3ccc(-c4cc(F)c(C(F)(F)Oc5cc(F)c(F)c(F)c5)c(F)c4)c(F)c3)c(F)c2)C1. The zero-order valence-electron chi connectivity index (χ0n) is 21.3. The van der Waals surface area contributed by atoms with Crippen molar-refractivity contribution in [2.75, 3.05) is 6.54 Å². The number of aliphatic imine (C=N–C) groups is 1. The molecule has 0 fully saturated rings. The van der Waals surface area contributed by atoms with E-state index in [0.29, 0.717) is 30.7 Å². The molecule has 5 rings (SSSR count). The molecular formula is C30H19F9N2O. The molecule has 0 aromatic heterocycles. The summed E-state index contributed by atoms with van der Waals surface area (Å²) in [4.78, 5) is 4.34.